The molecular formula is C13H15NO2. The highest BCUT2D eigenvalue weighted by Crippen LogP contribution is 2.59. The lowest BCUT2D eigenvalue weighted by Gasteiger charge is -2.31. The van der Waals surface area contributed by atoms with Crippen LogP contribution in [0.2, 0.25) is 0 Å². The van der Waals surface area contributed by atoms with Crippen molar-refractivity contribution in [2.75, 3.05) is 11.9 Å². The van der Waals surface area contributed by atoms with Gasteiger partial charge in [0.05, 0.1) is 5.41 Å². The summed E-state index contributed by atoms with van der Waals surface area (Å²) in [5.41, 5.74) is 1.85. The number of fused-ring (bicyclic) bond motifs is 1. The Kier molecular flexibility index (Phi) is 1.96. The molecule has 0 saturated heterocycles. The molecule has 2 aliphatic rings. The van der Waals surface area contributed by atoms with Crippen molar-refractivity contribution in [1.29, 1.82) is 0 Å². The number of rotatable bonds is 2. The number of carboxylic acids is 1. The van der Waals surface area contributed by atoms with Gasteiger partial charge in [0.25, 0.3) is 0 Å². The van der Waals surface area contributed by atoms with Gasteiger partial charge < -0.3 is 10.4 Å². The molecular weight excluding hydrogens is 202 g/mol. The molecule has 0 aromatic heterocycles. The quantitative estimate of drug-likeness (QED) is 0.800. The molecule has 84 valence electrons. The topological polar surface area (TPSA) is 49.3 Å². The van der Waals surface area contributed by atoms with Crippen LogP contribution >= 0.6 is 0 Å². The van der Waals surface area contributed by atoms with Crippen LogP contribution in [0.5, 0.6) is 0 Å². The maximum Gasteiger partial charge on any atom is 0.310 e. The fraction of sp³-hybridized carbons (Fsp3) is 0.462. The van der Waals surface area contributed by atoms with E-state index in [4.69, 9.17) is 0 Å². The highest BCUT2D eigenvalue weighted by atomic mass is 16.4. The molecule has 0 spiro atoms. The summed E-state index contributed by atoms with van der Waals surface area (Å²) >= 11 is 0. The molecule has 3 rings (SSSR count). The van der Waals surface area contributed by atoms with Gasteiger partial charge in [0.15, 0.2) is 0 Å². The van der Waals surface area contributed by atoms with Gasteiger partial charge >= 0.3 is 5.97 Å². The van der Waals surface area contributed by atoms with E-state index < -0.39 is 11.4 Å². The van der Waals surface area contributed by atoms with Crippen molar-refractivity contribution < 1.29 is 9.90 Å². The molecule has 3 nitrogen and oxygen atoms in total. The van der Waals surface area contributed by atoms with Gasteiger partial charge in [-0.15, -0.1) is 0 Å². The third kappa shape index (κ3) is 1.24. The van der Waals surface area contributed by atoms with Gasteiger partial charge in [-0.3, -0.25) is 4.79 Å². The molecule has 0 unspecified atom stereocenters. The first kappa shape index (κ1) is 9.70. The standard InChI is InChI=1S/C13H15NO2/c15-12(16)13(6-7-13)10-5-8-14-11-4-2-1-3-9(10)11/h1-4,10,14H,5-8H2,(H,15,16)/t10-/m1/s1. The van der Waals surface area contributed by atoms with Gasteiger partial charge in [0, 0.05) is 18.2 Å². The largest absolute Gasteiger partial charge is 0.481 e. The first-order chi connectivity index (χ1) is 7.74. The van der Waals surface area contributed by atoms with Crippen LogP contribution in [0.15, 0.2) is 24.3 Å². The molecule has 16 heavy (non-hydrogen) atoms. The number of anilines is 1. The summed E-state index contributed by atoms with van der Waals surface area (Å²) in [6.45, 7) is 0.886. The van der Waals surface area contributed by atoms with Crippen LogP contribution in [0, 0.1) is 5.41 Å². The lowest BCUT2D eigenvalue weighted by molar-refractivity contribution is -0.144. The van der Waals surface area contributed by atoms with Crippen molar-refractivity contribution >= 4 is 11.7 Å². The number of hydrogen-bond donors (Lipinski definition) is 2. The van der Waals surface area contributed by atoms with E-state index in [0.717, 1.165) is 31.5 Å². The first-order valence-corrected chi connectivity index (χ1v) is 5.80. The molecule has 1 atom stereocenters. The minimum Gasteiger partial charge on any atom is -0.481 e. The van der Waals surface area contributed by atoms with Gasteiger partial charge in [0.1, 0.15) is 0 Å². The highest BCUT2D eigenvalue weighted by molar-refractivity contribution is 5.80. The van der Waals surface area contributed by atoms with Crippen molar-refractivity contribution in [2.45, 2.75) is 25.2 Å². The number of aliphatic carboxylic acids is 1. The predicted molar refractivity (Wildman–Crippen MR) is 61.6 cm³/mol. The molecule has 2 N–H and O–H groups in total. The van der Waals surface area contributed by atoms with E-state index in [2.05, 4.69) is 11.4 Å². The molecule has 3 heteroatoms. The van der Waals surface area contributed by atoms with Crippen LogP contribution in [0.3, 0.4) is 0 Å². The van der Waals surface area contributed by atoms with Crippen molar-refractivity contribution in [3.05, 3.63) is 29.8 Å². The number of carboxylic acid groups (broad SMARTS) is 1. The van der Waals surface area contributed by atoms with Crippen LogP contribution in [0.1, 0.15) is 30.7 Å². The zero-order chi connectivity index (χ0) is 11.2. The van der Waals surface area contributed by atoms with Crippen LogP contribution in [0.25, 0.3) is 0 Å². The Morgan fingerprint density at radius 3 is 2.81 bits per heavy atom. The van der Waals surface area contributed by atoms with Crippen LogP contribution in [-0.4, -0.2) is 17.6 Å². The molecule has 0 amide bonds. The number of para-hydroxylation sites is 1. The van der Waals surface area contributed by atoms with Gasteiger partial charge in [-0.25, -0.2) is 0 Å². The Morgan fingerprint density at radius 1 is 1.38 bits per heavy atom. The molecule has 0 bridgehead atoms. The second kappa shape index (κ2) is 3.24. The molecule has 1 fully saturated rings. The maximum absolute atomic E-state index is 11.4. The molecule has 1 heterocycles. The van der Waals surface area contributed by atoms with E-state index in [-0.39, 0.29) is 5.92 Å². The van der Waals surface area contributed by atoms with Gasteiger partial charge in [-0.2, -0.15) is 0 Å². The van der Waals surface area contributed by atoms with Crippen LogP contribution in [-0.2, 0) is 4.79 Å². The van der Waals surface area contributed by atoms with Crippen molar-refractivity contribution in [1.82, 2.24) is 0 Å². The zero-order valence-electron chi connectivity index (χ0n) is 9.07. The van der Waals surface area contributed by atoms with Crippen molar-refractivity contribution in [2.24, 2.45) is 5.41 Å². The summed E-state index contributed by atoms with van der Waals surface area (Å²) in [6.07, 6.45) is 2.60. The van der Waals surface area contributed by atoms with Crippen LogP contribution < -0.4 is 5.32 Å². The third-order valence-corrected chi connectivity index (χ3v) is 3.97. The van der Waals surface area contributed by atoms with E-state index in [1.54, 1.807) is 0 Å². The summed E-state index contributed by atoms with van der Waals surface area (Å²) in [5, 5.41) is 12.7. The molecule has 0 radical (unpaired) electrons. The highest BCUT2D eigenvalue weighted by Gasteiger charge is 2.56. The number of carbonyl (C=O) groups is 1. The van der Waals surface area contributed by atoms with Crippen molar-refractivity contribution in [3.8, 4) is 0 Å². The third-order valence-electron chi connectivity index (χ3n) is 3.97. The molecule has 1 aliphatic heterocycles. The van der Waals surface area contributed by atoms with E-state index in [1.165, 1.54) is 5.56 Å². The average Bonchev–Trinajstić information content (AvgIpc) is 3.09. The lowest BCUT2D eigenvalue weighted by Crippen LogP contribution is -2.29. The second-order valence-electron chi connectivity index (χ2n) is 4.82. The second-order valence-corrected chi connectivity index (χ2v) is 4.82. The van der Waals surface area contributed by atoms with E-state index >= 15 is 0 Å². The van der Waals surface area contributed by atoms with E-state index in [0.29, 0.717) is 0 Å². The SMILES string of the molecule is O=C(O)C1([C@@H]2CCNc3ccccc32)CC1. The Balaban J connectivity index is 2.02. The number of hydrogen-bond acceptors (Lipinski definition) is 2. The summed E-state index contributed by atoms with van der Waals surface area (Å²) in [6, 6.07) is 8.10. The Morgan fingerprint density at radius 2 is 2.12 bits per heavy atom. The normalized spacial score (nSPS) is 25.4. The minimum absolute atomic E-state index is 0.197. The van der Waals surface area contributed by atoms with Gasteiger partial charge in [-0.1, -0.05) is 18.2 Å². The molecule has 1 saturated carbocycles. The zero-order valence-corrected chi connectivity index (χ0v) is 9.07. The Labute approximate surface area is 94.5 Å². The maximum atomic E-state index is 11.4. The van der Waals surface area contributed by atoms with Gasteiger partial charge in [0.2, 0.25) is 0 Å². The summed E-state index contributed by atoms with van der Waals surface area (Å²) in [7, 11) is 0. The molecule has 1 aromatic rings. The van der Waals surface area contributed by atoms with Gasteiger partial charge in [-0.05, 0) is 30.9 Å². The summed E-state index contributed by atoms with van der Waals surface area (Å²) in [4.78, 5) is 11.4. The molecule has 1 aromatic carbocycles. The van der Waals surface area contributed by atoms with E-state index in [9.17, 15) is 9.90 Å². The number of nitrogens with one attached hydrogen (secondary N) is 1. The lowest BCUT2D eigenvalue weighted by atomic mass is 9.78. The fourth-order valence-electron chi connectivity index (χ4n) is 2.89. The Bertz CT molecular complexity index is 437. The smallest absolute Gasteiger partial charge is 0.310 e. The Hall–Kier alpha value is -1.51. The first-order valence-electron chi connectivity index (χ1n) is 5.80. The predicted octanol–water partition coefficient (Wildman–Crippen LogP) is 2.45. The number of benzene rings is 1. The van der Waals surface area contributed by atoms with Crippen molar-refractivity contribution in [3.63, 3.8) is 0 Å². The summed E-state index contributed by atoms with van der Waals surface area (Å²) < 4.78 is 0. The fourth-order valence-corrected chi connectivity index (χ4v) is 2.89. The minimum atomic E-state index is -0.616. The van der Waals surface area contributed by atoms with Crippen LogP contribution in [0.4, 0.5) is 5.69 Å². The molecule has 1 aliphatic carbocycles. The summed E-state index contributed by atoms with van der Waals surface area (Å²) in [5.74, 6) is -0.420. The monoisotopic (exact) mass is 217 g/mol. The van der Waals surface area contributed by atoms with E-state index in [1.807, 2.05) is 18.2 Å². The average molecular weight is 217 g/mol.